The average Bonchev–Trinajstić information content (AvgIpc) is 2.35. The van der Waals surface area contributed by atoms with Gasteiger partial charge in [-0.2, -0.15) is 0 Å². The molecule has 0 spiro atoms. The first-order valence-corrected chi connectivity index (χ1v) is 6.68. The lowest BCUT2D eigenvalue weighted by Crippen LogP contribution is -2.58. The summed E-state index contributed by atoms with van der Waals surface area (Å²) in [7, 11) is 2.10. The van der Waals surface area contributed by atoms with Crippen LogP contribution in [0, 0.1) is 6.92 Å². The molecule has 1 amide bonds. The van der Waals surface area contributed by atoms with Gasteiger partial charge in [0.25, 0.3) is 5.91 Å². The van der Waals surface area contributed by atoms with Crippen LogP contribution in [0.2, 0.25) is 0 Å². The van der Waals surface area contributed by atoms with E-state index >= 15 is 0 Å². The van der Waals surface area contributed by atoms with Gasteiger partial charge >= 0.3 is 0 Å². The van der Waals surface area contributed by atoms with Crippen LogP contribution in [-0.2, 0) is 0 Å². The summed E-state index contributed by atoms with van der Waals surface area (Å²) >= 11 is 0. The van der Waals surface area contributed by atoms with Gasteiger partial charge in [0.15, 0.2) is 0 Å². The van der Waals surface area contributed by atoms with E-state index in [1.165, 1.54) is 0 Å². The molecule has 2 rings (SSSR count). The van der Waals surface area contributed by atoms with Crippen LogP contribution in [0.25, 0.3) is 0 Å². The van der Waals surface area contributed by atoms with Crippen molar-refractivity contribution in [3.63, 3.8) is 0 Å². The Hall–Kier alpha value is -1.55. The Bertz CT molecular complexity index is 496. The van der Waals surface area contributed by atoms with Gasteiger partial charge in [-0.25, -0.2) is 0 Å². The molecule has 104 valence electrons. The largest absolute Gasteiger partial charge is 0.398 e. The molecule has 4 heteroatoms. The zero-order valence-electron chi connectivity index (χ0n) is 12.2. The fourth-order valence-corrected chi connectivity index (χ4v) is 2.45. The number of nitrogen functional groups attached to an aromatic ring is 1. The number of nitrogens with zero attached hydrogens (tertiary/aromatic N) is 2. The molecule has 19 heavy (non-hydrogen) atoms. The number of likely N-dealkylation sites (N-methyl/N-ethyl adjacent to an activating group) is 1. The number of hydrogen-bond donors (Lipinski definition) is 1. The van der Waals surface area contributed by atoms with Crippen molar-refractivity contribution in [1.82, 2.24) is 9.80 Å². The minimum atomic E-state index is 0.00645. The number of carbonyl (C=O) groups excluding carboxylic acids is 1. The predicted octanol–water partition coefficient (Wildman–Crippen LogP) is 1.74. The molecular weight excluding hydrogens is 238 g/mol. The normalized spacial score (nSPS) is 19.5. The number of benzene rings is 1. The van der Waals surface area contributed by atoms with E-state index in [2.05, 4.69) is 25.8 Å². The number of nitrogens with two attached hydrogens (primary N) is 1. The van der Waals surface area contributed by atoms with Crippen molar-refractivity contribution in [1.29, 1.82) is 0 Å². The molecule has 1 fully saturated rings. The lowest BCUT2D eigenvalue weighted by Gasteiger charge is -2.45. The van der Waals surface area contributed by atoms with Crippen molar-refractivity contribution >= 4 is 11.6 Å². The molecular formula is C15H23N3O. The van der Waals surface area contributed by atoms with Crippen LogP contribution in [0.1, 0.15) is 29.8 Å². The highest BCUT2D eigenvalue weighted by atomic mass is 16.2. The quantitative estimate of drug-likeness (QED) is 0.783. The molecule has 1 aromatic rings. The van der Waals surface area contributed by atoms with Crippen molar-refractivity contribution < 1.29 is 4.79 Å². The van der Waals surface area contributed by atoms with Crippen molar-refractivity contribution in [2.75, 3.05) is 32.4 Å². The summed E-state index contributed by atoms with van der Waals surface area (Å²) in [6.07, 6.45) is 0. The highest BCUT2D eigenvalue weighted by Crippen LogP contribution is 2.23. The maximum Gasteiger partial charge on any atom is 0.256 e. The first kappa shape index (κ1) is 13.9. The maximum absolute atomic E-state index is 12.6. The second kappa shape index (κ2) is 4.85. The lowest BCUT2D eigenvalue weighted by atomic mass is 9.98. The Kier molecular flexibility index (Phi) is 3.54. The molecule has 1 aromatic carbocycles. The van der Waals surface area contributed by atoms with Crippen LogP contribution in [0.15, 0.2) is 18.2 Å². The summed E-state index contributed by atoms with van der Waals surface area (Å²) in [5.74, 6) is 0.0439. The molecule has 2 N–H and O–H groups in total. The van der Waals surface area contributed by atoms with Crippen molar-refractivity contribution in [3.8, 4) is 0 Å². The standard InChI is InChI=1S/C15H23N3O/c1-11-6-5-7-12(13(11)16)14(19)18-9-8-17(4)15(2,3)10-18/h5-7H,8-10,16H2,1-4H3. The minimum absolute atomic E-state index is 0.00645. The molecule has 0 atom stereocenters. The Balaban J connectivity index is 2.23. The Morgan fingerprint density at radius 3 is 2.63 bits per heavy atom. The summed E-state index contributed by atoms with van der Waals surface area (Å²) in [6.45, 7) is 8.63. The van der Waals surface area contributed by atoms with Gasteiger partial charge in [-0.05, 0) is 39.4 Å². The number of aryl methyl sites for hydroxylation is 1. The summed E-state index contributed by atoms with van der Waals surface area (Å²) in [4.78, 5) is 16.8. The first-order chi connectivity index (χ1) is 8.83. The van der Waals surface area contributed by atoms with E-state index in [-0.39, 0.29) is 11.4 Å². The monoisotopic (exact) mass is 261 g/mol. The third kappa shape index (κ3) is 2.59. The van der Waals surface area contributed by atoms with Crippen LogP contribution in [0.3, 0.4) is 0 Å². The maximum atomic E-state index is 12.6. The van der Waals surface area contributed by atoms with Crippen molar-refractivity contribution in [2.45, 2.75) is 26.3 Å². The average molecular weight is 261 g/mol. The van der Waals surface area contributed by atoms with Gasteiger partial charge in [0.05, 0.1) is 5.56 Å². The van der Waals surface area contributed by atoms with Gasteiger partial charge in [0, 0.05) is 30.9 Å². The topological polar surface area (TPSA) is 49.6 Å². The zero-order chi connectivity index (χ0) is 14.2. The van der Waals surface area contributed by atoms with E-state index in [1.54, 1.807) is 0 Å². The second-order valence-corrected chi connectivity index (χ2v) is 6.00. The fourth-order valence-electron chi connectivity index (χ4n) is 2.45. The smallest absolute Gasteiger partial charge is 0.256 e. The van der Waals surface area contributed by atoms with Gasteiger partial charge in [-0.15, -0.1) is 0 Å². The first-order valence-electron chi connectivity index (χ1n) is 6.68. The molecule has 1 saturated heterocycles. The van der Waals surface area contributed by atoms with Crippen LogP contribution in [0.5, 0.6) is 0 Å². The van der Waals surface area contributed by atoms with Gasteiger partial charge in [-0.3, -0.25) is 9.69 Å². The van der Waals surface area contributed by atoms with Gasteiger partial charge in [0.1, 0.15) is 0 Å². The van der Waals surface area contributed by atoms with Crippen LogP contribution >= 0.6 is 0 Å². The van der Waals surface area contributed by atoms with Crippen LogP contribution in [0.4, 0.5) is 5.69 Å². The predicted molar refractivity (Wildman–Crippen MR) is 78.2 cm³/mol. The summed E-state index contributed by atoms with van der Waals surface area (Å²) < 4.78 is 0. The van der Waals surface area contributed by atoms with Gasteiger partial charge in [0.2, 0.25) is 0 Å². The summed E-state index contributed by atoms with van der Waals surface area (Å²) in [5.41, 5.74) is 8.22. The number of rotatable bonds is 1. The molecule has 0 aromatic heterocycles. The number of piperazine rings is 1. The van der Waals surface area contributed by atoms with E-state index in [4.69, 9.17) is 5.73 Å². The molecule has 0 unspecified atom stereocenters. The van der Waals surface area contributed by atoms with Crippen molar-refractivity contribution in [2.24, 2.45) is 0 Å². The van der Waals surface area contributed by atoms with Crippen LogP contribution < -0.4 is 5.73 Å². The Morgan fingerprint density at radius 2 is 2.00 bits per heavy atom. The molecule has 1 heterocycles. The molecule has 1 aliphatic heterocycles. The summed E-state index contributed by atoms with van der Waals surface area (Å²) in [5, 5.41) is 0. The fraction of sp³-hybridized carbons (Fsp3) is 0.533. The van der Waals surface area contributed by atoms with Crippen LogP contribution in [-0.4, -0.2) is 47.9 Å². The van der Waals surface area contributed by atoms with E-state index in [0.717, 1.165) is 25.2 Å². The number of carbonyl (C=O) groups is 1. The third-order valence-electron chi connectivity index (χ3n) is 4.16. The lowest BCUT2D eigenvalue weighted by molar-refractivity contribution is 0.0312. The Morgan fingerprint density at radius 1 is 1.32 bits per heavy atom. The molecule has 0 aliphatic carbocycles. The molecule has 0 radical (unpaired) electrons. The molecule has 0 saturated carbocycles. The second-order valence-electron chi connectivity index (χ2n) is 6.00. The highest BCUT2D eigenvalue weighted by Gasteiger charge is 2.33. The van der Waals surface area contributed by atoms with E-state index in [0.29, 0.717) is 11.3 Å². The highest BCUT2D eigenvalue weighted by molar-refractivity contribution is 5.99. The third-order valence-corrected chi connectivity index (χ3v) is 4.16. The van der Waals surface area contributed by atoms with E-state index < -0.39 is 0 Å². The minimum Gasteiger partial charge on any atom is -0.398 e. The number of para-hydroxylation sites is 1. The number of anilines is 1. The van der Waals surface area contributed by atoms with E-state index in [9.17, 15) is 4.79 Å². The molecule has 1 aliphatic rings. The Labute approximate surface area is 115 Å². The number of hydrogen-bond acceptors (Lipinski definition) is 3. The zero-order valence-corrected chi connectivity index (χ0v) is 12.2. The molecule has 0 bridgehead atoms. The van der Waals surface area contributed by atoms with Gasteiger partial charge in [-0.1, -0.05) is 12.1 Å². The summed E-state index contributed by atoms with van der Waals surface area (Å²) in [6, 6.07) is 5.64. The molecule has 4 nitrogen and oxygen atoms in total. The van der Waals surface area contributed by atoms with E-state index in [1.807, 2.05) is 30.0 Å². The number of amides is 1. The van der Waals surface area contributed by atoms with Crippen molar-refractivity contribution in [3.05, 3.63) is 29.3 Å². The van der Waals surface area contributed by atoms with Gasteiger partial charge < -0.3 is 10.6 Å². The SMILES string of the molecule is Cc1cccc(C(=O)N2CCN(C)C(C)(C)C2)c1N.